The first kappa shape index (κ1) is 12.1. The van der Waals surface area contributed by atoms with Crippen LogP contribution in [0.15, 0.2) is 41.8 Å². The molecule has 0 atom stereocenters. The van der Waals surface area contributed by atoms with Gasteiger partial charge in [-0.2, -0.15) is 8.42 Å². The van der Waals surface area contributed by atoms with Crippen LogP contribution < -0.4 is 10.5 Å². The number of anilines is 1. The van der Waals surface area contributed by atoms with Gasteiger partial charge in [0.2, 0.25) is 0 Å². The summed E-state index contributed by atoms with van der Waals surface area (Å²) in [4.78, 5) is 6.15. The first-order valence-corrected chi connectivity index (χ1v) is 6.43. The molecule has 0 unspecified atom stereocenters. The van der Waals surface area contributed by atoms with Gasteiger partial charge >= 0.3 is 0 Å². The Balaban J connectivity index is 2.39. The lowest BCUT2D eigenvalue weighted by Crippen LogP contribution is -2.18. The van der Waals surface area contributed by atoms with Crippen LogP contribution in [-0.4, -0.2) is 24.2 Å². The number of nitrogens with one attached hydrogen (secondary N) is 3. The highest BCUT2D eigenvalue weighted by molar-refractivity contribution is 7.92. The van der Waals surface area contributed by atoms with Crippen LogP contribution in [0.1, 0.15) is 5.56 Å². The summed E-state index contributed by atoms with van der Waals surface area (Å²) in [7, 11) is -3.75. The maximum atomic E-state index is 11.9. The standard InChI is InChI=1S/C10H11N5O2S/c11-10(12)7-3-1-2-4-8(7)15-18(16,17)9-5-13-6-14-9/h1-6,15H,(H3,11,12)(H,13,14). The van der Waals surface area contributed by atoms with Gasteiger partial charge in [-0.1, -0.05) is 12.1 Å². The lowest BCUT2D eigenvalue weighted by Gasteiger charge is -2.10. The van der Waals surface area contributed by atoms with Crippen LogP contribution >= 0.6 is 0 Å². The van der Waals surface area contributed by atoms with Crippen molar-refractivity contribution in [2.24, 2.45) is 5.73 Å². The number of hydrogen-bond donors (Lipinski definition) is 4. The van der Waals surface area contributed by atoms with Gasteiger partial charge in [-0.25, -0.2) is 4.98 Å². The normalized spacial score (nSPS) is 11.1. The van der Waals surface area contributed by atoms with Gasteiger partial charge in [0, 0.05) is 5.56 Å². The van der Waals surface area contributed by atoms with Gasteiger partial charge in [0.05, 0.1) is 18.2 Å². The number of nitrogens with two attached hydrogens (primary N) is 1. The zero-order valence-electron chi connectivity index (χ0n) is 9.21. The number of rotatable bonds is 4. The molecule has 2 aromatic rings. The van der Waals surface area contributed by atoms with Crippen LogP contribution in [0.25, 0.3) is 0 Å². The lowest BCUT2D eigenvalue weighted by molar-refractivity contribution is 0.598. The van der Waals surface area contributed by atoms with Gasteiger partial charge in [-0.05, 0) is 12.1 Å². The van der Waals surface area contributed by atoms with Gasteiger partial charge < -0.3 is 10.7 Å². The van der Waals surface area contributed by atoms with Gasteiger partial charge in [-0.15, -0.1) is 0 Å². The summed E-state index contributed by atoms with van der Waals surface area (Å²) in [6.07, 6.45) is 2.46. The third-order valence-electron chi connectivity index (χ3n) is 2.22. The van der Waals surface area contributed by atoms with Crippen molar-refractivity contribution in [3.05, 3.63) is 42.4 Å². The topological polar surface area (TPSA) is 125 Å². The number of H-pyrrole nitrogens is 1. The average Bonchev–Trinajstić information content (AvgIpc) is 2.83. The van der Waals surface area contributed by atoms with Crippen molar-refractivity contribution in [2.45, 2.75) is 5.03 Å². The van der Waals surface area contributed by atoms with Crippen LogP contribution in [0, 0.1) is 5.41 Å². The Morgan fingerprint density at radius 2 is 2.11 bits per heavy atom. The Morgan fingerprint density at radius 3 is 2.72 bits per heavy atom. The van der Waals surface area contributed by atoms with E-state index in [4.69, 9.17) is 11.1 Å². The van der Waals surface area contributed by atoms with E-state index in [-0.39, 0.29) is 16.5 Å². The Labute approximate surface area is 104 Å². The molecule has 1 aromatic heterocycles. The third-order valence-corrected chi connectivity index (χ3v) is 3.52. The molecular formula is C10H11N5O2S. The van der Waals surface area contributed by atoms with Gasteiger partial charge in [0.25, 0.3) is 10.0 Å². The SMILES string of the molecule is N=C(N)c1ccccc1NS(=O)(=O)c1cnc[nH]1. The summed E-state index contributed by atoms with van der Waals surface area (Å²) in [6.45, 7) is 0. The molecular weight excluding hydrogens is 254 g/mol. The van der Waals surface area contributed by atoms with Crippen LogP contribution in [0.3, 0.4) is 0 Å². The van der Waals surface area contributed by atoms with E-state index >= 15 is 0 Å². The Kier molecular flexibility index (Phi) is 3.02. The summed E-state index contributed by atoms with van der Waals surface area (Å²) >= 11 is 0. The zero-order chi connectivity index (χ0) is 13.2. The quantitative estimate of drug-likeness (QED) is 0.474. The van der Waals surface area contributed by atoms with Crippen LogP contribution in [-0.2, 0) is 10.0 Å². The second-order valence-electron chi connectivity index (χ2n) is 3.48. The van der Waals surface area contributed by atoms with E-state index in [1.54, 1.807) is 18.2 Å². The fourth-order valence-electron chi connectivity index (χ4n) is 1.40. The molecule has 1 aromatic carbocycles. The summed E-state index contributed by atoms with van der Waals surface area (Å²) in [6, 6.07) is 6.42. The van der Waals surface area contributed by atoms with Crippen molar-refractivity contribution in [2.75, 3.05) is 4.72 Å². The first-order chi connectivity index (χ1) is 8.50. The molecule has 18 heavy (non-hydrogen) atoms. The Bertz CT molecular complexity index is 663. The van der Waals surface area contributed by atoms with Crippen molar-refractivity contribution in [3.63, 3.8) is 0 Å². The number of para-hydroxylation sites is 1. The maximum Gasteiger partial charge on any atom is 0.278 e. The first-order valence-electron chi connectivity index (χ1n) is 4.95. The molecule has 1 heterocycles. The van der Waals surface area contributed by atoms with E-state index in [1.165, 1.54) is 18.6 Å². The highest BCUT2D eigenvalue weighted by Crippen LogP contribution is 2.18. The van der Waals surface area contributed by atoms with E-state index in [0.717, 1.165) is 0 Å². The number of amidine groups is 1. The minimum Gasteiger partial charge on any atom is -0.384 e. The number of aromatic amines is 1. The molecule has 7 nitrogen and oxygen atoms in total. The van der Waals surface area contributed by atoms with Crippen molar-refractivity contribution < 1.29 is 8.42 Å². The number of imidazole rings is 1. The molecule has 0 radical (unpaired) electrons. The van der Waals surface area contributed by atoms with E-state index in [9.17, 15) is 8.42 Å². The predicted octanol–water partition coefficient (Wildman–Crippen LogP) is 0.495. The molecule has 0 aliphatic heterocycles. The van der Waals surface area contributed by atoms with Gasteiger partial charge in [0.15, 0.2) is 5.03 Å². The van der Waals surface area contributed by atoms with Crippen molar-refractivity contribution in [1.29, 1.82) is 5.41 Å². The van der Waals surface area contributed by atoms with E-state index in [1.807, 2.05) is 0 Å². The maximum absolute atomic E-state index is 11.9. The molecule has 0 saturated carbocycles. The highest BCUT2D eigenvalue weighted by Gasteiger charge is 2.17. The summed E-state index contributed by atoms with van der Waals surface area (Å²) in [5.41, 5.74) is 5.95. The van der Waals surface area contributed by atoms with E-state index in [2.05, 4.69) is 14.7 Å². The monoisotopic (exact) mass is 265 g/mol. The number of hydrogen-bond acceptors (Lipinski definition) is 4. The number of nitrogens with zero attached hydrogens (tertiary/aromatic N) is 1. The average molecular weight is 265 g/mol. The highest BCUT2D eigenvalue weighted by atomic mass is 32.2. The molecule has 5 N–H and O–H groups in total. The van der Waals surface area contributed by atoms with Gasteiger partial charge in [-0.3, -0.25) is 10.1 Å². The van der Waals surface area contributed by atoms with Crippen molar-refractivity contribution in [1.82, 2.24) is 9.97 Å². The van der Waals surface area contributed by atoms with Crippen molar-refractivity contribution in [3.8, 4) is 0 Å². The number of sulfonamides is 1. The molecule has 2 rings (SSSR count). The predicted molar refractivity (Wildman–Crippen MR) is 66.9 cm³/mol. The van der Waals surface area contributed by atoms with Crippen LogP contribution in [0.4, 0.5) is 5.69 Å². The summed E-state index contributed by atoms with van der Waals surface area (Å²) < 4.78 is 26.2. The van der Waals surface area contributed by atoms with Crippen LogP contribution in [0.5, 0.6) is 0 Å². The fraction of sp³-hybridized carbons (Fsp3) is 0. The zero-order valence-corrected chi connectivity index (χ0v) is 10.0. The Morgan fingerprint density at radius 1 is 1.39 bits per heavy atom. The molecule has 0 amide bonds. The number of nitrogen functional groups attached to an aromatic ring is 1. The lowest BCUT2D eigenvalue weighted by atomic mass is 10.2. The Hall–Kier alpha value is -2.35. The molecule has 0 saturated heterocycles. The molecule has 0 fully saturated rings. The fourth-order valence-corrected chi connectivity index (χ4v) is 2.38. The minimum atomic E-state index is -3.75. The largest absolute Gasteiger partial charge is 0.384 e. The van der Waals surface area contributed by atoms with Gasteiger partial charge in [0.1, 0.15) is 5.84 Å². The molecule has 94 valence electrons. The summed E-state index contributed by atoms with van der Waals surface area (Å²) in [5.74, 6) is -0.210. The van der Waals surface area contributed by atoms with Crippen LogP contribution in [0.2, 0.25) is 0 Å². The minimum absolute atomic E-state index is 0.0548. The number of benzene rings is 1. The van der Waals surface area contributed by atoms with Crippen molar-refractivity contribution >= 4 is 21.5 Å². The van der Waals surface area contributed by atoms with E-state index < -0.39 is 10.0 Å². The molecule has 8 heteroatoms. The number of aromatic nitrogens is 2. The molecule has 0 spiro atoms. The summed E-state index contributed by atoms with van der Waals surface area (Å²) in [5, 5.41) is 7.33. The third kappa shape index (κ3) is 2.33. The second kappa shape index (κ2) is 4.49. The molecule has 0 bridgehead atoms. The van der Waals surface area contributed by atoms with E-state index in [0.29, 0.717) is 5.56 Å². The molecule has 0 aliphatic rings. The molecule has 0 aliphatic carbocycles. The second-order valence-corrected chi connectivity index (χ2v) is 5.13. The smallest absolute Gasteiger partial charge is 0.278 e.